The van der Waals surface area contributed by atoms with Gasteiger partial charge in [0.25, 0.3) is 0 Å². The first-order valence-corrected chi connectivity index (χ1v) is 7.48. The number of hydrogen-bond donors (Lipinski definition) is 2. The van der Waals surface area contributed by atoms with Crippen molar-refractivity contribution in [2.24, 2.45) is 5.73 Å². The van der Waals surface area contributed by atoms with Crippen LogP contribution in [0.15, 0.2) is 35.7 Å². The smallest absolute Gasteiger partial charge is 0.226 e. The monoisotopic (exact) mass is 289 g/mol. The molecule has 0 spiro atoms. The highest BCUT2D eigenvalue weighted by atomic mass is 32.1. The number of nitrogens with zero attached hydrogens (tertiary/aromatic N) is 1. The van der Waals surface area contributed by atoms with Crippen LogP contribution in [0.25, 0.3) is 0 Å². The van der Waals surface area contributed by atoms with Crippen molar-refractivity contribution in [3.05, 3.63) is 52.0 Å². The van der Waals surface area contributed by atoms with Gasteiger partial charge in [0, 0.05) is 5.38 Å². The number of thiazole rings is 1. The normalized spacial score (nSPS) is 13.8. The minimum atomic E-state index is -0.0833. The van der Waals surface area contributed by atoms with Gasteiger partial charge in [-0.3, -0.25) is 4.79 Å². The van der Waals surface area contributed by atoms with Crippen LogP contribution >= 0.6 is 11.3 Å². The van der Waals surface area contributed by atoms with Crippen molar-refractivity contribution in [3.63, 3.8) is 0 Å². The van der Waals surface area contributed by atoms with E-state index >= 15 is 0 Å². The third-order valence-corrected chi connectivity index (χ3v) is 4.07. The van der Waals surface area contributed by atoms with Gasteiger partial charge >= 0.3 is 0 Å². The molecule has 1 heterocycles. The fourth-order valence-electron chi connectivity index (χ4n) is 1.90. The maximum absolute atomic E-state index is 12.0. The van der Waals surface area contributed by atoms with E-state index in [4.69, 9.17) is 5.73 Å². The van der Waals surface area contributed by atoms with Crippen molar-refractivity contribution in [1.82, 2.24) is 10.3 Å². The van der Waals surface area contributed by atoms with Gasteiger partial charge in [-0.2, -0.15) is 0 Å². The summed E-state index contributed by atoms with van der Waals surface area (Å²) in [5.74, 6) is -0.0251. The van der Waals surface area contributed by atoms with Gasteiger partial charge in [0.2, 0.25) is 5.91 Å². The van der Waals surface area contributed by atoms with Crippen LogP contribution in [0.1, 0.15) is 42.2 Å². The van der Waals surface area contributed by atoms with Crippen LogP contribution in [0.3, 0.4) is 0 Å². The third-order valence-electron chi connectivity index (χ3n) is 2.98. The van der Waals surface area contributed by atoms with Gasteiger partial charge in [0.15, 0.2) is 0 Å². The van der Waals surface area contributed by atoms with Crippen LogP contribution in [-0.2, 0) is 11.2 Å². The standard InChI is InChI=1S/C15H19N3OS/c1-10(16)15-18-13(9-20-15)8-14(19)17-11(2)12-6-4-3-5-7-12/h3-7,9-11H,8,16H2,1-2H3,(H,17,19). The molecular weight excluding hydrogens is 270 g/mol. The SMILES string of the molecule is CC(N)c1nc(CC(=O)NC(C)c2ccccc2)cs1. The summed E-state index contributed by atoms with van der Waals surface area (Å²) in [7, 11) is 0. The van der Waals surface area contributed by atoms with Crippen LogP contribution in [0.2, 0.25) is 0 Å². The lowest BCUT2D eigenvalue weighted by Gasteiger charge is -2.13. The quantitative estimate of drug-likeness (QED) is 0.889. The molecule has 0 aliphatic rings. The van der Waals surface area contributed by atoms with Gasteiger partial charge in [0.05, 0.1) is 24.2 Å². The molecule has 0 fully saturated rings. The lowest BCUT2D eigenvalue weighted by Crippen LogP contribution is -2.28. The van der Waals surface area contributed by atoms with Gasteiger partial charge in [-0.1, -0.05) is 30.3 Å². The first kappa shape index (κ1) is 14.7. The molecule has 3 N–H and O–H groups in total. The van der Waals surface area contributed by atoms with E-state index in [1.807, 2.05) is 49.6 Å². The molecule has 0 saturated heterocycles. The zero-order chi connectivity index (χ0) is 14.5. The summed E-state index contributed by atoms with van der Waals surface area (Å²) in [4.78, 5) is 16.4. The van der Waals surface area contributed by atoms with E-state index in [1.54, 1.807) is 0 Å². The number of amides is 1. The summed E-state index contributed by atoms with van der Waals surface area (Å²) < 4.78 is 0. The lowest BCUT2D eigenvalue weighted by atomic mass is 10.1. The third kappa shape index (κ3) is 3.88. The van der Waals surface area contributed by atoms with E-state index in [9.17, 15) is 4.79 Å². The van der Waals surface area contributed by atoms with Crippen LogP contribution in [0.4, 0.5) is 0 Å². The van der Waals surface area contributed by atoms with Crippen molar-refractivity contribution >= 4 is 17.2 Å². The van der Waals surface area contributed by atoms with Crippen molar-refractivity contribution < 1.29 is 4.79 Å². The predicted molar refractivity (Wildman–Crippen MR) is 81.4 cm³/mol. The van der Waals surface area contributed by atoms with E-state index in [1.165, 1.54) is 11.3 Å². The molecule has 2 atom stereocenters. The number of aromatic nitrogens is 1. The average molecular weight is 289 g/mol. The second-order valence-electron chi connectivity index (χ2n) is 4.84. The maximum atomic E-state index is 12.0. The highest BCUT2D eigenvalue weighted by molar-refractivity contribution is 7.09. The van der Waals surface area contributed by atoms with Crippen LogP contribution in [0, 0.1) is 0 Å². The molecule has 20 heavy (non-hydrogen) atoms. The predicted octanol–water partition coefficient (Wildman–Crippen LogP) is 2.58. The van der Waals surface area contributed by atoms with Gasteiger partial charge < -0.3 is 11.1 Å². The summed E-state index contributed by atoms with van der Waals surface area (Å²) in [5, 5.41) is 5.74. The Balaban J connectivity index is 1.92. The first-order valence-electron chi connectivity index (χ1n) is 6.60. The zero-order valence-electron chi connectivity index (χ0n) is 11.7. The number of nitrogens with one attached hydrogen (secondary N) is 1. The molecule has 2 rings (SSSR count). The molecule has 1 aromatic heterocycles. The van der Waals surface area contributed by atoms with E-state index in [-0.39, 0.29) is 18.0 Å². The highest BCUT2D eigenvalue weighted by Gasteiger charge is 2.12. The summed E-state index contributed by atoms with van der Waals surface area (Å²) >= 11 is 1.50. The molecule has 4 nitrogen and oxygen atoms in total. The van der Waals surface area contributed by atoms with E-state index < -0.39 is 0 Å². The fourth-order valence-corrected chi connectivity index (χ4v) is 2.67. The minimum Gasteiger partial charge on any atom is -0.349 e. The summed E-state index contributed by atoms with van der Waals surface area (Å²) in [5.41, 5.74) is 7.63. The van der Waals surface area contributed by atoms with Gasteiger partial charge in [-0.05, 0) is 19.4 Å². The average Bonchev–Trinajstić information content (AvgIpc) is 2.88. The van der Waals surface area contributed by atoms with Crippen molar-refractivity contribution in [1.29, 1.82) is 0 Å². The lowest BCUT2D eigenvalue weighted by molar-refractivity contribution is -0.121. The second kappa shape index (κ2) is 6.63. The van der Waals surface area contributed by atoms with Gasteiger partial charge in [-0.15, -0.1) is 11.3 Å². The van der Waals surface area contributed by atoms with Crippen molar-refractivity contribution in [2.45, 2.75) is 32.4 Å². The van der Waals surface area contributed by atoms with E-state index in [0.29, 0.717) is 6.42 Å². The molecule has 0 radical (unpaired) electrons. The number of carbonyl (C=O) groups excluding carboxylic acids is 1. The highest BCUT2D eigenvalue weighted by Crippen LogP contribution is 2.16. The minimum absolute atomic E-state index is 0.00441. The molecule has 1 amide bonds. The second-order valence-corrected chi connectivity index (χ2v) is 5.73. The molecule has 0 saturated carbocycles. The Labute approximate surface area is 123 Å². The molecule has 1 aromatic carbocycles. The number of hydrogen-bond acceptors (Lipinski definition) is 4. The Morgan fingerprint density at radius 3 is 2.65 bits per heavy atom. The van der Waals surface area contributed by atoms with E-state index in [0.717, 1.165) is 16.3 Å². The summed E-state index contributed by atoms with van der Waals surface area (Å²) in [6, 6.07) is 9.81. The number of carbonyl (C=O) groups is 1. The Bertz CT molecular complexity index is 566. The molecule has 106 valence electrons. The van der Waals surface area contributed by atoms with Gasteiger partial charge in [-0.25, -0.2) is 4.98 Å². The zero-order valence-corrected chi connectivity index (χ0v) is 12.5. The largest absolute Gasteiger partial charge is 0.349 e. The molecule has 0 aliphatic carbocycles. The van der Waals surface area contributed by atoms with Crippen LogP contribution in [0.5, 0.6) is 0 Å². The topological polar surface area (TPSA) is 68.0 Å². The van der Waals surface area contributed by atoms with Crippen molar-refractivity contribution in [2.75, 3.05) is 0 Å². The fraction of sp³-hybridized carbons (Fsp3) is 0.333. The summed E-state index contributed by atoms with van der Waals surface area (Å²) in [6.45, 7) is 3.86. The Morgan fingerprint density at radius 2 is 2.05 bits per heavy atom. The summed E-state index contributed by atoms with van der Waals surface area (Å²) in [6.07, 6.45) is 0.292. The van der Waals surface area contributed by atoms with Crippen LogP contribution in [-0.4, -0.2) is 10.9 Å². The number of rotatable bonds is 5. The maximum Gasteiger partial charge on any atom is 0.226 e. The molecule has 2 aromatic rings. The molecule has 5 heteroatoms. The molecule has 0 bridgehead atoms. The number of nitrogens with two attached hydrogens (primary N) is 1. The Morgan fingerprint density at radius 1 is 1.35 bits per heavy atom. The van der Waals surface area contributed by atoms with Crippen LogP contribution < -0.4 is 11.1 Å². The molecule has 0 aliphatic heterocycles. The first-order chi connectivity index (χ1) is 9.56. The Hall–Kier alpha value is -1.72. The number of benzene rings is 1. The van der Waals surface area contributed by atoms with Crippen molar-refractivity contribution in [3.8, 4) is 0 Å². The van der Waals surface area contributed by atoms with Gasteiger partial charge in [0.1, 0.15) is 5.01 Å². The molecular formula is C15H19N3OS. The Kier molecular flexibility index (Phi) is 4.87. The van der Waals surface area contributed by atoms with E-state index in [2.05, 4.69) is 10.3 Å². The molecule has 2 unspecified atom stereocenters.